The van der Waals surface area contributed by atoms with Crippen molar-refractivity contribution in [1.29, 1.82) is 0 Å². The smallest absolute Gasteiger partial charge is 0.335 e. The second-order valence-corrected chi connectivity index (χ2v) is 7.29. The summed E-state index contributed by atoms with van der Waals surface area (Å²) in [5.41, 5.74) is 0.516. The van der Waals surface area contributed by atoms with Crippen molar-refractivity contribution in [2.75, 3.05) is 6.26 Å². The van der Waals surface area contributed by atoms with Crippen molar-refractivity contribution in [3.05, 3.63) is 53.9 Å². The van der Waals surface area contributed by atoms with Gasteiger partial charge in [0.1, 0.15) is 6.04 Å². The molecule has 0 fully saturated rings. The standard InChI is InChI=1S/C16H15N3O4S/c1-10(15-18-19-16(23-15)24(2,21)22)17-14(20)13-9-5-7-11-6-3-4-8-12(11)13/h3-10H,1-2H3,(H,17,20)/t10-/m0/s1. The first kappa shape index (κ1) is 16.1. The number of sulfone groups is 1. The zero-order valence-corrected chi connectivity index (χ0v) is 13.9. The molecule has 1 N–H and O–H groups in total. The van der Waals surface area contributed by atoms with Crippen LogP contribution in [0.25, 0.3) is 10.8 Å². The third kappa shape index (κ3) is 3.13. The lowest BCUT2D eigenvalue weighted by atomic mass is 10.0. The quantitative estimate of drug-likeness (QED) is 0.777. The van der Waals surface area contributed by atoms with Gasteiger partial charge < -0.3 is 9.73 Å². The van der Waals surface area contributed by atoms with E-state index in [1.807, 2.05) is 30.3 Å². The minimum atomic E-state index is -3.58. The van der Waals surface area contributed by atoms with Crippen molar-refractivity contribution in [1.82, 2.24) is 15.5 Å². The van der Waals surface area contributed by atoms with E-state index >= 15 is 0 Å². The number of aromatic nitrogens is 2. The van der Waals surface area contributed by atoms with Crippen molar-refractivity contribution in [3.8, 4) is 0 Å². The molecular formula is C16H15N3O4S. The second-order valence-electron chi connectivity index (χ2n) is 5.40. The molecule has 2 aromatic carbocycles. The summed E-state index contributed by atoms with van der Waals surface area (Å²) >= 11 is 0. The molecule has 0 radical (unpaired) electrons. The highest BCUT2D eigenvalue weighted by Crippen LogP contribution is 2.20. The van der Waals surface area contributed by atoms with E-state index in [1.54, 1.807) is 19.1 Å². The van der Waals surface area contributed by atoms with Crippen LogP contribution in [0.3, 0.4) is 0 Å². The van der Waals surface area contributed by atoms with Gasteiger partial charge in [0.15, 0.2) is 0 Å². The molecule has 0 aliphatic rings. The molecule has 0 saturated carbocycles. The van der Waals surface area contributed by atoms with Gasteiger partial charge in [-0.05, 0) is 23.8 Å². The molecule has 7 nitrogen and oxygen atoms in total. The molecule has 124 valence electrons. The first-order valence-electron chi connectivity index (χ1n) is 7.18. The fraction of sp³-hybridized carbons (Fsp3) is 0.188. The highest BCUT2D eigenvalue weighted by molar-refractivity contribution is 7.90. The van der Waals surface area contributed by atoms with E-state index in [9.17, 15) is 13.2 Å². The molecule has 0 bridgehead atoms. The number of benzene rings is 2. The Kier molecular flexibility index (Phi) is 4.06. The molecule has 1 atom stereocenters. The van der Waals surface area contributed by atoms with Gasteiger partial charge in [-0.1, -0.05) is 41.5 Å². The van der Waals surface area contributed by atoms with E-state index in [0.717, 1.165) is 17.0 Å². The number of carbonyl (C=O) groups is 1. The molecule has 0 unspecified atom stereocenters. The van der Waals surface area contributed by atoms with Crippen LogP contribution in [0.15, 0.2) is 52.1 Å². The minimum Gasteiger partial charge on any atom is -0.410 e. The number of carbonyl (C=O) groups excluding carboxylic acids is 1. The average molecular weight is 345 g/mol. The van der Waals surface area contributed by atoms with Crippen LogP contribution in [-0.2, 0) is 9.84 Å². The van der Waals surface area contributed by atoms with Gasteiger partial charge >= 0.3 is 5.22 Å². The van der Waals surface area contributed by atoms with Crippen LogP contribution in [0, 0.1) is 0 Å². The minimum absolute atomic E-state index is 0.0315. The van der Waals surface area contributed by atoms with Crippen LogP contribution in [0.5, 0.6) is 0 Å². The number of amides is 1. The normalized spacial score (nSPS) is 12.9. The Bertz CT molecular complexity index is 1010. The van der Waals surface area contributed by atoms with Crippen molar-refractivity contribution < 1.29 is 17.6 Å². The number of hydrogen-bond acceptors (Lipinski definition) is 6. The Labute approximate surface area is 138 Å². The summed E-state index contributed by atoms with van der Waals surface area (Å²) in [4.78, 5) is 12.5. The first-order chi connectivity index (χ1) is 11.4. The van der Waals surface area contributed by atoms with Gasteiger partial charge in [-0.25, -0.2) is 8.42 Å². The van der Waals surface area contributed by atoms with Gasteiger partial charge in [-0.15, -0.1) is 5.10 Å². The van der Waals surface area contributed by atoms with Gasteiger partial charge in [0.25, 0.3) is 5.91 Å². The molecule has 1 heterocycles. The SMILES string of the molecule is C[C@H](NC(=O)c1cccc2ccccc12)c1nnc(S(C)(=O)=O)o1. The van der Waals surface area contributed by atoms with E-state index in [0.29, 0.717) is 5.56 Å². The predicted octanol–water partition coefficient (Wildman–Crippen LogP) is 2.12. The summed E-state index contributed by atoms with van der Waals surface area (Å²) in [7, 11) is -3.58. The molecule has 0 spiro atoms. The molecular weight excluding hydrogens is 330 g/mol. The van der Waals surface area contributed by atoms with E-state index in [2.05, 4.69) is 15.5 Å². The topological polar surface area (TPSA) is 102 Å². The maximum atomic E-state index is 12.5. The number of nitrogens with zero attached hydrogens (tertiary/aromatic N) is 2. The third-order valence-electron chi connectivity index (χ3n) is 3.49. The summed E-state index contributed by atoms with van der Waals surface area (Å²) in [5, 5.41) is 11.2. The molecule has 0 aliphatic heterocycles. The Hall–Kier alpha value is -2.74. The molecule has 1 aromatic heterocycles. The van der Waals surface area contributed by atoms with Crippen molar-refractivity contribution >= 4 is 26.5 Å². The van der Waals surface area contributed by atoms with Gasteiger partial charge in [0.2, 0.25) is 15.7 Å². The first-order valence-corrected chi connectivity index (χ1v) is 9.07. The van der Waals surface area contributed by atoms with Gasteiger partial charge in [-0.3, -0.25) is 4.79 Å². The number of hydrogen-bond donors (Lipinski definition) is 1. The molecule has 3 aromatic rings. The summed E-state index contributed by atoms with van der Waals surface area (Å²) in [5.74, 6) is -0.276. The van der Waals surface area contributed by atoms with Crippen LogP contribution < -0.4 is 5.32 Å². The highest BCUT2D eigenvalue weighted by Gasteiger charge is 2.22. The predicted molar refractivity (Wildman–Crippen MR) is 87.2 cm³/mol. The maximum absolute atomic E-state index is 12.5. The lowest BCUT2D eigenvalue weighted by Crippen LogP contribution is -2.27. The Morgan fingerprint density at radius 2 is 1.83 bits per heavy atom. The summed E-state index contributed by atoms with van der Waals surface area (Å²) in [6, 6.07) is 12.4. The lowest BCUT2D eigenvalue weighted by Gasteiger charge is -2.11. The molecule has 0 saturated heterocycles. The Balaban J connectivity index is 1.85. The van der Waals surface area contributed by atoms with Crippen LogP contribution in [0.1, 0.15) is 29.2 Å². The largest absolute Gasteiger partial charge is 0.410 e. The van der Waals surface area contributed by atoms with Crippen LogP contribution >= 0.6 is 0 Å². The van der Waals surface area contributed by atoms with Gasteiger partial charge in [0, 0.05) is 11.8 Å². The van der Waals surface area contributed by atoms with Gasteiger partial charge in [-0.2, -0.15) is 0 Å². The Morgan fingerprint density at radius 1 is 1.12 bits per heavy atom. The molecule has 3 rings (SSSR count). The monoisotopic (exact) mass is 345 g/mol. The van der Waals surface area contributed by atoms with Crippen LogP contribution in [-0.4, -0.2) is 30.8 Å². The van der Waals surface area contributed by atoms with Crippen LogP contribution in [0.2, 0.25) is 0 Å². The zero-order valence-electron chi connectivity index (χ0n) is 13.1. The third-order valence-corrected chi connectivity index (χ3v) is 4.29. The average Bonchev–Trinajstić information content (AvgIpc) is 3.04. The van der Waals surface area contributed by atoms with E-state index in [1.165, 1.54) is 0 Å². The second kappa shape index (κ2) is 6.04. The fourth-order valence-electron chi connectivity index (χ4n) is 2.30. The molecule has 24 heavy (non-hydrogen) atoms. The zero-order chi connectivity index (χ0) is 17.3. The maximum Gasteiger partial charge on any atom is 0.335 e. The summed E-state index contributed by atoms with van der Waals surface area (Å²) in [6.07, 6.45) is 0.976. The summed E-state index contributed by atoms with van der Waals surface area (Å²) < 4.78 is 27.9. The van der Waals surface area contributed by atoms with Crippen molar-refractivity contribution in [2.24, 2.45) is 0 Å². The van der Waals surface area contributed by atoms with Crippen LogP contribution in [0.4, 0.5) is 0 Å². The molecule has 1 amide bonds. The number of rotatable bonds is 4. The van der Waals surface area contributed by atoms with E-state index in [-0.39, 0.29) is 11.8 Å². The highest BCUT2D eigenvalue weighted by atomic mass is 32.2. The van der Waals surface area contributed by atoms with E-state index < -0.39 is 21.1 Å². The van der Waals surface area contributed by atoms with Crippen molar-refractivity contribution in [3.63, 3.8) is 0 Å². The Morgan fingerprint density at radius 3 is 2.54 bits per heavy atom. The number of nitrogens with one attached hydrogen (secondary N) is 1. The van der Waals surface area contributed by atoms with E-state index in [4.69, 9.17) is 4.42 Å². The van der Waals surface area contributed by atoms with Crippen molar-refractivity contribution in [2.45, 2.75) is 18.2 Å². The number of fused-ring (bicyclic) bond motifs is 1. The lowest BCUT2D eigenvalue weighted by molar-refractivity contribution is 0.0935. The summed E-state index contributed by atoms with van der Waals surface area (Å²) in [6.45, 7) is 1.64. The fourth-order valence-corrected chi connectivity index (χ4v) is 2.73. The molecule has 8 heteroatoms. The van der Waals surface area contributed by atoms with Gasteiger partial charge in [0.05, 0.1) is 0 Å². The molecule has 0 aliphatic carbocycles.